The van der Waals surface area contributed by atoms with Gasteiger partial charge >= 0.3 is 6.03 Å². The minimum absolute atomic E-state index is 0.102. The van der Waals surface area contributed by atoms with Gasteiger partial charge in [0.25, 0.3) is 6.47 Å². The maximum Gasteiger partial charge on any atom is 0.319 e. The van der Waals surface area contributed by atoms with Crippen molar-refractivity contribution in [1.29, 1.82) is 0 Å². The molecule has 3 rings (SSSR count). The van der Waals surface area contributed by atoms with Crippen LogP contribution in [0.25, 0.3) is 0 Å². The quantitative estimate of drug-likeness (QED) is 0.687. The van der Waals surface area contributed by atoms with E-state index in [1.807, 2.05) is 19.1 Å². The second-order valence-electron chi connectivity index (χ2n) is 7.82. The highest BCUT2D eigenvalue weighted by atomic mass is 16.5. The summed E-state index contributed by atoms with van der Waals surface area (Å²) < 4.78 is 5.98. The second kappa shape index (κ2) is 10.4. The zero-order chi connectivity index (χ0) is 20.7. The number of nitrogens with one attached hydrogen (secondary N) is 2. The summed E-state index contributed by atoms with van der Waals surface area (Å²) in [7, 11) is 0. The molecule has 156 valence electrons. The van der Waals surface area contributed by atoms with Crippen LogP contribution in [0.1, 0.15) is 38.3 Å². The molecule has 2 aliphatic heterocycles. The summed E-state index contributed by atoms with van der Waals surface area (Å²) >= 11 is 0. The van der Waals surface area contributed by atoms with E-state index in [-0.39, 0.29) is 18.5 Å². The van der Waals surface area contributed by atoms with Gasteiger partial charge in [-0.15, -0.1) is 0 Å². The number of aryl methyl sites for hydroxylation is 2. The standard InChI is InChI=1S/C20H31N3O2.CH2O2/c1-5-15-8-6-7-14(4)19(15)22-20(24)21-16-9-17-12-25-18(13(2)3)11-23(17)10-16;2-1-3/h6-8,13,16-18H,5,9-12H2,1-4H3,(H2,21,22,24);1H,(H,2,3)/t16-,17+,18+;/m1./s1. The van der Waals surface area contributed by atoms with Crippen LogP contribution >= 0.6 is 0 Å². The molecule has 7 nitrogen and oxygen atoms in total. The Labute approximate surface area is 167 Å². The topological polar surface area (TPSA) is 90.9 Å². The molecule has 0 saturated carbocycles. The molecule has 2 amide bonds. The van der Waals surface area contributed by atoms with E-state index >= 15 is 0 Å². The van der Waals surface area contributed by atoms with Gasteiger partial charge in [-0.3, -0.25) is 9.69 Å². The Morgan fingerprint density at radius 1 is 1.39 bits per heavy atom. The van der Waals surface area contributed by atoms with Crippen LogP contribution in [0.15, 0.2) is 18.2 Å². The minimum atomic E-state index is -0.250. The Hall–Kier alpha value is -2.12. The molecule has 7 heteroatoms. The number of nitrogens with zero attached hydrogens (tertiary/aromatic N) is 1. The molecule has 2 aliphatic rings. The molecular weight excluding hydrogens is 358 g/mol. The molecule has 0 spiro atoms. The number of carbonyl (C=O) groups is 2. The van der Waals surface area contributed by atoms with E-state index in [4.69, 9.17) is 14.6 Å². The first-order valence-electron chi connectivity index (χ1n) is 9.99. The van der Waals surface area contributed by atoms with Gasteiger partial charge in [0.1, 0.15) is 0 Å². The fourth-order valence-electron chi connectivity index (χ4n) is 3.94. The van der Waals surface area contributed by atoms with Crippen molar-refractivity contribution in [3.63, 3.8) is 0 Å². The van der Waals surface area contributed by atoms with Crippen LogP contribution in [0.5, 0.6) is 0 Å². The van der Waals surface area contributed by atoms with Crippen LogP contribution in [-0.4, -0.2) is 60.4 Å². The van der Waals surface area contributed by atoms with Gasteiger partial charge in [-0.1, -0.05) is 39.0 Å². The summed E-state index contributed by atoms with van der Waals surface area (Å²) in [4.78, 5) is 23.3. The lowest BCUT2D eigenvalue weighted by atomic mass is 10.0. The molecule has 1 aromatic rings. The third-order valence-electron chi connectivity index (χ3n) is 5.50. The lowest BCUT2D eigenvalue weighted by Crippen LogP contribution is -2.48. The van der Waals surface area contributed by atoms with Gasteiger partial charge in [0.05, 0.1) is 12.7 Å². The number of carbonyl (C=O) groups excluding carboxylic acids is 1. The number of rotatable bonds is 4. The van der Waals surface area contributed by atoms with Crippen LogP contribution in [0.3, 0.4) is 0 Å². The van der Waals surface area contributed by atoms with Crippen molar-refractivity contribution in [3.8, 4) is 0 Å². The van der Waals surface area contributed by atoms with Crippen molar-refractivity contribution in [2.45, 2.75) is 58.7 Å². The smallest absolute Gasteiger partial charge is 0.319 e. The van der Waals surface area contributed by atoms with Gasteiger partial charge in [0.2, 0.25) is 0 Å². The van der Waals surface area contributed by atoms with Gasteiger partial charge in [0.15, 0.2) is 0 Å². The highest BCUT2D eigenvalue weighted by Crippen LogP contribution is 2.26. The molecule has 0 bridgehead atoms. The average Bonchev–Trinajstić information content (AvgIpc) is 3.05. The number of benzene rings is 1. The Morgan fingerprint density at radius 2 is 2.11 bits per heavy atom. The summed E-state index contributed by atoms with van der Waals surface area (Å²) in [6, 6.07) is 6.67. The zero-order valence-electron chi connectivity index (χ0n) is 17.3. The molecule has 0 aliphatic carbocycles. The van der Waals surface area contributed by atoms with Gasteiger partial charge in [-0.2, -0.15) is 0 Å². The number of fused-ring (bicyclic) bond motifs is 1. The highest BCUT2D eigenvalue weighted by molar-refractivity contribution is 5.91. The third-order valence-corrected chi connectivity index (χ3v) is 5.50. The number of morpholine rings is 1. The van der Waals surface area contributed by atoms with E-state index in [1.54, 1.807) is 0 Å². The number of para-hydroxylation sites is 1. The molecule has 2 saturated heterocycles. The van der Waals surface area contributed by atoms with Crippen LogP contribution in [0, 0.1) is 12.8 Å². The van der Waals surface area contributed by atoms with E-state index in [2.05, 4.69) is 42.4 Å². The first kappa shape index (κ1) is 22.2. The summed E-state index contributed by atoms with van der Waals surface area (Å²) in [5.74, 6) is 0.532. The Balaban J connectivity index is 0.000000878. The lowest BCUT2D eigenvalue weighted by molar-refractivity contribution is -0.122. The SMILES string of the molecule is CCc1cccc(C)c1NC(=O)N[C@@H]1C[C@H]2CO[C@H](C(C)C)CN2C1.O=CO. The maximum absolute atomic E-state index is 12.5. The first-order chi connectivity index (χ1) is 13.4. The second-order valence-corrected chi connectivity index (χ2v) is 7.82. The minimum Gasteiger partial charge on any atom is -0.483 e. The van der Waals surface area contributed by atoms with E-state index < -0.39 is 0 Å². The van der Waals surface area contributed by atoms with E-state index in [1.165, 1.54) is 5.56 Å². The summed E-state index contributed by atoms with van der Waals surface area (Å²) in [6.45, 7) is 11.0. The largest absolute Gasteiger partial charge is 0.483 e. The predicted molar refractivity (Wildman–Crippen MR) is 110 cm³/mol. The molecule has 3 N–H and O–H groups in total. The van der Waals surface area contributed by atoms with E-state index in [9.17, 15) is 4.79 Å². The highest BCUT2D eigenvalue weighted by Gasteiger charge is 2.38. The average molecular weight is 392 g/mol. The predicted octanol–water partition coefficient (Wildman–Crippen LogP) is 2.88. The van der Waals surface area contributed by atoms with Crippen molar-refractivity contribution in [3.05, 3.63) is 29.3 Å². The number of anilines is 1. The van der Waals surface area contributed by atoms with Crippen molar-refractivity contribution in [1.82, 2.24) is 10.2 Å². The number of amides is 2. The van der Waals surface area contributed by atoms with Crippen molar-refractivity contribution in [2.75, 3.05) is 25.0 Å². The molecule has 28 heavy (non-hydrogen) atoms. The zero-order valence-corrected chi connectivity index (χ0v) is 17.3. The molecule has 0 unspecified atom stereocenters. The van der Waals surface area contributed by atoms with Crippen molar-refractivity contribution >= 4 is 18.2 Å². The molecule has 0 radical (unpaired) electrons. The number of ether oxygens (including phenoxy) is 1. The van der Waals surface area contributed by atoms with Gasteiger partial charge in [-0.05, 0) is 36.8 Å². The summed E-state index contributed by atoms with van der Waals surface area (Å²) in [5.41, 5.74) is 3.22. The molecule has 3 atom stereocenters. The molecule has 2 fully saturated rings. The summed E-state index contributed by atoms with van der Waals surface area (Å²) in [6.07, 6.45) is 2.18. The lowest BCUT2D eigenvalue weighted by Gasteiger charge is -2.36. The Morgan fingerprint density at radius 3 is 2.75 bits per heavy atom. The normalized spacial score (nSPS) is 24.1. The first-order valence-corrected chi connectivity index (χ1v) is 9.99. The van der Waals surface area contributed by atoms with Crippen LogP contribution < -0.4 is 10.6 Å². The van der Waals surface area contributed by atoms with Gasteiger partial charge < -0.3 is 20.5 Å². The van der Waals surface area contributed by atoms with Crippen molar-refractivity contribution in [2.24, 2.45) is 5.92 Å². The monoisotopic (exact) mass is 391 g/mol. The Kier molecular flexibility index (Phi) is 8.26. The van der Waals surface area contributed by atoms with Gasteiger partial charge in [-0.25, -0.2) is 4.79 Å². The van der Waals surface area contributed by atoms with Crippen LogP contribution in [-0.2, 0) is 16.0 Å². The summed E-state index contributed by atoms with van der Waals surface area (Å²) in [5, 5.41) is 13.1. The third kappa shape index (κ3) is 5.69. The molecule has 1 aromatic carbocycles. The van der Waals surface area contributed by atoms with Gasteiger partial charge in [0, 0.05) is 30.9 Å². The Bertz CT molecular complexity index is 665. The maximum atomic E-state index is 12.5. The van der Waals surface area contributed by atoms with Crippen LogP contribution in [0.2, 0.25) is 0 Å². The number of hydrogen-bond donors (Lipinski definition) is 3. The van der Waals surface area contributed by atoms with E-state index in [0.29, 0.717) is 18.1 Å². The van der Waals surface area contributed by atoms with Crippen LogP contribution in [0.4, 0.5) is 10.5 Å². The molecule has 0 aromatic heterocycles. The molecule has 2 heterocycles. The fraction of sp³-hybridized carbons (Fsp3) is 0.619. The van der Waals surface area contributed by atoms with Crippen molar-refractivity contribution < 1.29 is 19.4 Å². The molecular formula is C21H33N3O4. The fourth-order valence-corrected chi connectivity index (χ4v) is 3.94. The number of hydrogen-bond acceptors (Lipinski definition) is 4. The van der Waals surface area contributed by atoms with E-state index in [0.717, 1.165) is 43.8 Å². The number of urea groups is 1. The number of carboxylic acid groups (broad SMARTS) is 1.